The quantitative estimate of drug-likeness (QED) is 0.676. The zero-order valence-electron chi connectivity index (χ0n) is 10.4. The molecular weight excluding hydrogens is 238 g/mol. The maximum atomic E-state index is 11.6. The second-order valence-electron chi connectivity index (χ2n) is 4.34. The van der Waals surface area contributed by atoms with E-state index in [0.717, 1.165) is 32.8 Å². The van der Waals surface area contributed by atoms with Crippen molar-refractivity contribution in [2.24, 2.45) is 0 Å². The number of hydrogen-bond donors (Lipinski definition) is 1. The van der Waals surface area contributed by atoms with Crippen LogP contribution in [0.2, 0.25) is 0 Å². The first-order chi connectivity index (χ1) is 8.75. The first-order valence-electron chi connectivity index (χ1n) is 6.24. The molecule has 0 saturated carbocycles. The van der Waals surface area contributed by atoms with Gasteiger partial charge in [0.15, 0.2) is 0 Å². The number of nitrogens with one attached hydrogen (secondary N) is 1. The highest BCUT2D eigenvalue weighted by Crippen LogP contribution is 2.01. The van der Waals surface area contributed by atoms with Crippen LogP contribution in [-0.2, 0) is 14.3 Å². The summed E-state index contributed by atoms with van der Waals surface area (Å²) >= 11 is 0. The molecule has 7 nitrogen and oxygen atoms in total. The molecule has 0 aromatic rings. The zero-order valence-corrected chi connectivity index (χ0v) is 10.4. The highest BCUT2D eigenvalue weighted by atomic mass is 16.6. The minimum atomic E-state index is -0.404. The van der Waals surface area contributed by atoms with Crippen molar-refractivity contribution in [2.45, 2.75) is 0 Å². The van der Waals surface area contributed by atoms with Crippen molar-refractivity contribution in [3.8, 4) is 0 Å². The lowest BCUT2D eigenvalue weighted by atomic mass is 10.4. The molecule has 0 unspecified atom stereocenters. The molecule has 2 rings (SSSR count). The summed E-state index contributed by atoms with van der Waals surface area (Å²) in [4.78, 5) is 26.4. The molecule has 102 valence electrons. The Labute approximate surface area is 106 Å². The molecule has 0 spiro atoms. The predicted molar refractivity (Wildman–Crippen MR) is 63.2 cm³/mol. The highest BCUT2D eigenvalue weighted by Gasteiger charge is 2.23. The van der Waals surface area contributed by atoms with Crippen LogP contribution in [0.4, 0.5) is 4.79 Å². The highest BCUT2D eigenvalue weighted by molar-refractivity contribution is 5.82. The lowest BCUT2D eigenvalue weighted by Gasteiger charge is -2.26. The van der Waals surface area contributed by atoms with Crippen molar-refractivity contribution in [2.75, 3.05) is 59.1 Å². The monoisotopic (exact) mass is 257 g/mol. The van der Waals surface area contributed by atoms with E-state index in [1.165, 1.54) is 4.90 Å². The third kappa shape index (κ3) is 3.85. The summed E-state index contributed by atoms with van der Waals surface area (Å²) in [5, 5.41) is 2.81. The first-order valence-corrected chi connectivity index (χ1v) is 6.24. The number of ether oxygens (including phenoxy) is 2. The van der Waals surface area contributed by atoms with Crippen LogP contribution in [-0.4, -0.2) is 80.9 Å². The Hall–Kier alpha value is -1.34. The normalized spacial score (nSPS) is 20.9. The Morgan fingerprint density at radius 2 is 2.00 bits per heavy atom. The number of rotatable bonds is 5. The van der Waals surface area contributed by atoms with E-state index in [0.29, 0.717) is 19.7 Å². The minimum Gasteiger partial charge on any atom is -0.448 e. The van der Waals surface area contributed by atoms with Crippen LogP contribution >= 0.6 is 0 Å². The molecule has 0 atom stereocenters. The lowest BCUT2D eigenvalue weighted by Crippen LogP contribution is -2.43. The van der Waals surface area contributed by atoms with Crippen molar-refractivity contribution in [1.29, 1.82) is 0 Å². The van der Waals surface area contributed by atoms with Crippen molar-refractivity contribution in [3.05, 3.63) is 0 Å². The number of morpholine rings is 1. The van der Waals surface area contributed by atoms with E-state index in [1.807, 2.05) is 0 Å². The van der Waals surface area contributed by atoms with E-state index < -0.39 is 6.09 Å². The Morgan fingerprint density at radius 3 is 2.67 bits per heavy atom. The number of amides is 2. The summed E-state index contributed by atoms with van der Waals surface area (Å²) in [6.45, 7) is 5.71. The fourth-order valence-electron chi connectivity index (χ4n) is 1.98. The van der Waals surface area contributed by atoms with E-state index in [4.69, 9.17) is 9.47 Å². The second-order valence-corrected chi connectivity index (χ2v) is 4.34. The first kappa shape index (κ1) is 13.1. The number of carbonyl (C=O) groups is 2. The van der Waals surface area contributed by atoms with E-state index in [2.05, 4.69) is 10.2 Å². The van der Waals surface area contributed by atoms with Gasteiger partial charge >= 0.3 is 6.09 Å². The molecule has 2 saturated heterocycles. The Morgan fingerprint density at radius 1 is 1.22 bits per heavy atom. The molecule has 7 heteroatoms. The molecule has 2 fully saturated rings. The molecular formula is C11H19N3O4. The average molecular weight is 257 g/mol. The van der Waals surface area contributed by atoms with Gasteiger partial charge in [-0.2, -0.15) is 0 Å². The summed E-state index contributed by atoms with van der Waals surface area (Å²) in [7, 11) is 0. The summed E-state index contributed by atoms with van der Waals surface area (Å²) in [5.74, 6) is -0.137. The Kier molecular flexibility index (Phi) is 4.77. The molecule has 2 heterocycles. The van der Waals surface area contributed by atoms with Crippen LogP contribution in [0.15, 0.2) is 0 Å². The van der Waals surface area contributed by atoms with Gasteiger partial charge in [-0.15, -0.1) is 0 Å². The molecule has 0 bridgehead atoms. The topological polar surface area (TPSA) is 71.1 Å². The standard InChI is InChI=1S/C11H19N3O4/c15-10(9-14-5-8-18-11(14)16)12-1-2-13-3-6-17-7-4-13/h1-9H2,(H,12,15). The summed E-state index contributed by atoms with van der Waals surface area (Å²) < 4.78 is 9.99. The Balaban J connectivity index is 1.58. The van der Waals surface area contributed by atoms with Gasteiger partial charge in [-0.3, -0.25) is 14.6 Å². The largest absolute Gasteiger partial charge is 0.448 e. The third-order valence-corrected chi connectivity index (χ3v) is 3.03. The molecule has 0 aromatic carbocycles. The fourth-order valence-corrected chi connectivity index (χ4v) is 1.98. The molecule has 0 radical (unpaired) electrons. The van der Waals surface area contributed by atoms with Crippen molar-refractivity contribution in [3.63, 3.8) is 0 Å². The van der Waals surface area contributed by atoms with Crippen molar-refractivity contribution < 1.29 is 19.1 Å². The maximum absolute atomic E-state index is 11.6. The van der Waals surface area contributed by atoms with Gasteiger partial charge < -0.3 is 14.8 Å². The molecule has 18 heavy (non-hydrogen) atoms. The number of nitrogens with zero attached hydrogens (tertiary/aromatic N) is 2. The molecule has 2 aliphatic heterocycles. The SMILES string of the molecule is O=C(CN1CCOC1=O)NCCN1CCOCC1. The van der Waals surface area contributed by atoms with Gasteiger partial charge in [-0.05, 0) is 0 Å². The fraction of sp³-hybridized carbons (Fsp3) is 0.818. The predicted octanol–water partition coefficient (Wildman–Crippen LogP) is -1.11. The van der Waals surface area contributed by atoms with Crippen LogP contribution in [0.25, 0.3) is 0 Å². The van der Waals surface area contributed by atoms with Crippen LogP contribution in [0.3, 0.4) is 0 Å². The van der Waals surface area contributed by atoms with Gasteiger partial charge in [0.25, 0.3) is 0 Å². The average Bonchev–Trinajstić information content (AvgIpc) is 2.76. The van der Waals surface area contributed by atoms with E-state index >= 15 is 0 Å². The van der Waals surface area contributed by atoms with E-state index in [9.17, 15) is 9.59 Å². The number of carbonyl (C=O) groups excluding carboxylic acids is 2. The van der Waals surface area contributed by atoms with E-state index in [-0.39, 0.29) is 12.5 Å². The smallest absolute Gasteiger partial charge is 0.410 e. The van der Waals surface area contributed by atoms with Crippen molar-refractivity contribution in [1.82, 2.24) is 15.1 Å². The van der Waals surface area contributed by atoms with Crippen molar-refractivity contribution >= 4 is 12.0 Å². The number of cyclic esters (lactones) is 1. The van der Waals surface area contributed by atoms with Crippen LogP contribution in [0.5, 0.6) is 0 Å². The molecule has 2 aliphatic rings. The second kappa shape index (κ2) is 6.55. The third-order valence-electron chi connectivity index (χ3n) is 3.03. The minimum absolute atomic E-state index is 0.0853. The summed E-state index contributed by atoms with van der Waals surface area (Å²) in [5.41, 5.74) is 0. The molecule has 0 aromatic heterocycles. The van der Waals surface area contributed by atoms with E-state index in [1.54, 1.807) is 0 Å². The molecule has 1 N–H and O–H groups in total. The summed E-state index contributed by atoms with van der Waals surface area (Å²) in [6.07, 6.45) is -0.404. The van der Waals surface area contributed by atoms with Gasteiger partial charge in [0, 0.05) is 26.2 Å². The van der Waals surface area contributed by atoms with Gasteiger partial charge in [-0.25, -0.2) is 4.79 Å². The van der Waals surface area contributed by atoms with Gasteiger partial charge in [0.1, 0.15) is 13.2 Å². The van der Waals surface area contributed by atoms with Gasteiger partial charge in [-0.1, -0.05) is 0 Å². The zero-order chi connectivity index (χ0) is 12.8. The van der Waals surface area contributed by atoms with Crippen LogP contribution in [0.1, 0.15) is 0 Å². The number of hydrogen-bond acceptors (Lipinski definition) is 5. The maximum Gasteiger partial charge on any atom is 0.410 e. The molecule has 0 aliphatic carbocycles. The van der Waals surface area contributed by atoms with Gasteiger partial charge in [0.2, 0.25) is 5.91 Å². The molecule has 2 amide bonds. The van der Waals surface area contributed by atoms with Gasteiger partial charge in [0.05, 0.1) is 19.8 Å². The van der Waals surface area contributed by atoms with Crippen LogP contribution < -0.4 is 5.32 Å². The Bertz CT molecular complexity index is 305. The van der Waals surface area contributed by atoms with Crippen LogP contribution in [0, 0.1) is 0 Å². The summed E-state index contributed by atoms with van der Waals surface area (Å²) in [6, 6.07) is 0. The lowest BCUT2D eigenvalue weighted by molar-refractivity contribution is -0.121.